The highest BCUT2D eigenvalue weighted by Crippen LogP contribution is 2.52. The molecule has 2 heteroatoms. The number of benzene rings is 10. The second kappa shape index (κ2) is 13.7. The molecule has 11 aromatic rings. The summed E-state index contributed by atoms with van der Waals surface area (Å²) in [7, 11) is 0. The van der Waals surface area contributed by atoms with Crippen molar-refractivity contribution in [3.63, 3.8) is 0 Å². The molecule has 0 aliphatic heterocycles. The molecule has 0 radical (unpaired) electrons. The van der Waals surface area contributed by atoms with Crippen LogP contribution in [0.1, 0.15) is 25.0 Å². The second-order valence-electron chi connectivity index (χ2n) is 16.9. The number of fused-ring (bicyclic) bond motifs is 9. The molecule has 10 aromatic carbocycles. The summed E-state index contributed by atoms with van der Waals surface area (Å²) in [5.74, 6) is 0. The topological polar surface area (TPSA) is 16.4 Å². The van der Waals surface area contributed by atoms with Crippen molar-refractivity contribution < 1.29 is 4.42 Å². The van der Waals surface area contributed by atoms with Gasteiger partial charge >= 0.3 is 0 Å². The van der Waals surface area contributed by atoms with Gasteiger partial charge in [0.15, 0.2) is 0 Å². The lowest BCUT2D eigenvalue weighted by Gasteiger charge is -2.29. The van der Waals surface area contributed by atoms with Crippen molar-refractivity contribution in [2.75, 3.05) is 4.90 Å². The maximum absolute atomic E-state index is 6.70. The van der Waals surface area contributed by atoms with Crippen molar-refractivity contribution in [3.05, 3.63) is 223 Å². The van der Waals surface area contributed by atoms with Crippen molar-refractivity contribution in [2.24, 2.45) is 0 Å². The number of hydrogen-bond donors (Lipinski definition) is 0. The molecule has 0 N–H and O–H groups in total. The molecule has 0 fully saturated rings. The van der Waals surface area contributed by atoms with Crippen LogP contribution in [0, 0.1) is 0 Å². The Morgan fingerprint density at radius 1 is 0.393 bits per heavy atom. The van der Waals surface area contributed by atoms with E-state index in [4.69, 9.17) is 4.42 Å². The van der Waals surface area contributed by atoms with Crippen LogP contribution in [-0.2, 0) is 5.41 Å². The Balaban J connectivity index is 1.04. The van der Waals surface area contributed by atoms with E-state index in [1.165, 1.54) is 60.7 Å². The zero-order valence-corrected chi connectivity index (χ0v) is 34.1. The highest BCUT2D eigenvalue weighted by atomic mass is 16.3. The van der Waals surface area contributed by atoms with E-state index >= 15 is 0 Å². The minimum absolute atomic E-state index is 0.111. The average molecular weight is 780 g/mol. The van der Waals surface area contributed by atoms with Gasteiger partial charge in [-0.05, 0) is 115 Å². The first kappa shape index (κ1) is 35.3. The fourth-order valence-corrected chi connectivity index (χ4v) is 10.2. The molecule has 0 atom stereocenters. The van der Waals surface area contributed by atoms with Crippen molar-refractivity contribution >= 4 is 60.5 Å². The van der Waals surface area contributed by atoms with E-state index in [2.05, 4.69) is 231 Å². The minimum Gasteiger partial charge on any atom is -0.455 e. The molecule has 61 heavy (non-hydrogen) atoms. The maximum atomic E-state index is 6.70. The lowest BCUT2D eigenvalue weighted by molar-refractivity contribution is 0.662. The zero-order chi connectivity index (χ0) is 40.7. The van der Waals surface area contributed by atoms with E-state index in [0.29, 0.717) is 0 Å². The van der Waals surface area contributed by atoms with E-state index in [1.807, 2.05) is 0 Å². The van der Waals surface area contributed by atoms with Gasteiger partial charge in [0.25, 0.3) is 0 Å². The molecule has 288 valence electrons. The van der Waals surface area contributed by atoms with Crippen molar-refractivity contribution in [2.45, 2.75) is 19.3 Å². The predicted molar refractivity (Wildman–Crippen MR) is 257 cm³/mol. The van der Waals surface area contributed by atoms with Gasteiger partial charge in [0.2, 0.25) is 0 Å². The van der Waals surface area contributed by atoms with Crippen LogP contribution in [0.5, 0.6) is 0 Å². The summed E-state index contributed by atoms with van der Waals surface area (Å²) >= 11 is 0. The second-order valence-corrected chi connectivity index (χ2v) is 16.9. The van der Waals surface area contributed by atoms with Crippen LogP contribution < -0.4 is 4.90 Å². The van der Waals surface area contributed by atoms with Gasteiger partial charge in [-0.2, -0.15) is 0 Å². The smallest absolute Gasteiger partial charge is 0.143 e. The molecular formula is C59H41NO. The molecule has 0 saturated carbocycles. The summed E-state index contributed by atoms with van der Waals surface area (Å²) in [5, 5.41) is 7.01. The van der Waals surface area contributed by atoms with Gasteiger partial charge in [0, 0.05) is 38.5 Å². The van der Waals surface area contributed by atoms with Crippen LogP contribution in [0.3, 0.4) is 0 Å². The molecule has 1 aliphatic carbocycles. The number of rotatable bonds is 6. The lowest BCUT2D eigenvalue weighted by atomic mass is 9.79. The third-order valence-corrected chi connectivity index (χ3v) is 13.0. The SMILES string of the molecule is CC1(C)c2ccccc2-c2cccc(-c3ccc(N(c4cccc(-c5ccc6ccccc6c5)c4)c4ccccc4-c4cccc5oc6c7ccccc7ccc6c45)cc3)c21. The summed E-state index contributed by atoms with van der Waals surface area (Å²) in [5.41, 5.74) is 17.5. The van der Waals surface area contributed by atoms with Crippen LogP contribution in [-0.4, -0.2) is 0 Å². The third kappa shape index (κ3) is 5.56. The first-order valence-corrected chi connectivity index (χ1v) is 21.2. The largest absolute Gasteiger partial charge is 0.455 e. The number of furan rings is 1. The fourth-order valence-electron chi connectivity index (χ4n) is 10.2. The Morgan fingerprint density at radius 2 is 1.03 bits per heavy atom. The van der Waals surface area contributed by atoms with E-state index < -0.39 is 0 Å². The molecule has 0 unspecified atom stereocenters. The normalized spacial score (nSPS) is 12.9. The van der Waals surface area contributed by atoms with Crippen molar-refractivity contribution in [3.8, 4) is 44.5 Å². The number of nitrogens with zero attached hydrogens (tertiary/aromatic N) is 1. The molecule has 2 nitrogen and oxygen atoms in total. The average Bonchev–Trinajstić information content (AvgIpc) is 3.82. The molecule has 1 aliphatic rings. The van der Waals surface area contributed by atoms with Crippen LogP contribution in [0.4, 0.5) is 17.1 Å². The van der Waals surface area contributed by atoms with Crippen molar-refractivity contribution in [1.82, 2.24) is 0 Å². The minimum atomic E-state index is -0.111. The van der Waals surface area contributed by atoms with Crippen LogP contribution >= 0.6 is 0 Å². The molecule has 12 rings (SSSR count). The highest BCUT2D eigenvalue weighted by molar-refractivity contribution is 6.19. The lowest BCUT2D eigenvalue weighted by Crippen LogP contribution is -2.16. The molecule has 0 amide bonds. The van der Waals surface area contributed by atoms with Crippen LogP contribution in [0.25, 0.3) is 88.0 Å². The van der Waals surface area contributed by atoms with Gasteiger partial charge in [-0.1, -0.05) is 178 Å². The molecule has 1 aromatic heterocycles. The zero-order valence-electron chi connectivity index (χ0n) is 34.1. The Hall–Kier alpha value is -7.68. The fraction of sp³-hybridized carbons (Fsp3) is 0.0508. The Labute approximate surface area is 355 Å². The molecule has 0 bridgehead atoms. The number of hydrogen-bond acceptors (Lipinski definition) is 2. The van der Waals surface area contributed by atoms with E-state index in [0.717, 1.165) is 55.5 Å². The van der Waals surface area contributed by atoms with Gasteiger partial charge < -0.3 is 9.32 Å². The summed E-state index contributed by atoms with van der Waals surface area (Å²) in [6.07, 6.45) is 0. The summed E-state index contributed by atoms with van der Waals surface area (Å²) in [4.78, 5) is 2.43. The molecule has 1 heterocycles. The monoisotopic (exact) mass is 779 g/mol. The number of anilines is 3. The first-order valence-electron chi connectivity index (χ1n) is 21.2. The highest BCUT2D eigenvalue weighted by Gasteiger charge is 2.37. The summed E-state index contributed by atoms with van der Waals surface area (Å²) in [6.45, 7) is 4.73. The molecule has 0 spiro atoms. The van der Waals surface area contributed by atoms with E-state index in [1.54, 1.807) is 0 Å². The van der Waals surface area contributed by atoms with Crippen molar-refractivity contribution in [1.29, 1.82) is 0 Å². The predicted octanol–water partition coefficient (Wildman–Crippen LogP) is 16.7. The Morgan fingerprint density at radius 3 is 1.92 bits per heavy atom. The third-order valence-electron chi connectivity index (χ3n) is 13.0. The first-order chi connectivity index (χ1) is 30.0. The maximum Gasteiger partial charge on any atom is 0.143 e. The van der Waals surface area contributed by atoms with Crippen LogP contribution in [0.15, 0.2) is 217 Å². The number of para-hydroxylation sites is 1. The van der Waals surface area contributed by atoms with Gasteiger partial charge in [-0.15, -0.1) is 0 Å². The van der Waals surface area contributed by atoms with Gasteiger partial charge in [0.05, 0.1) is 5.69 Å². The summed E-state index contributed by atoms with van der Waals surface area (Å²) < 4.78 is 6.70. The Kier molecular flexibility index (Phi) is 7.92. The summed E-state index contributed by atoms with van der Waals surface area (Å²) in [6, 6.07) is 77.4. The van der Waals surface area contributed by atoms with Gasteiger partial charge in [-0.3, -0.25) is 0 Å². The molecular weight excluding hydrogens is 739 g/mol. The quantitative estimate of drug-likeness (QED) is 0.167. The van der Waals surface area contributed by atoms with Gasteiger partial charge in [-0.25, -0.2) is 0 Å². The Bertz CT molecular complexity index is 3520. The van der Waals surface area contributed by atoms with Gasteiger partial charge in [0.1, 0.15) is 11.2 Å². The van der Waals surface area contributed by atoms with E-state index in [9.17, 15) is 0 Å². The van der Waals surface area contributed by atoms with Crippen LogP contribution in [0.2, 0.25) is 0 Å². The molecule has 0 saturated heterocycles. The van der Waals surface area contributed by atoms with E-state index in [-0.39, 0.29) is 5.41 Å². The standard InChI is InChI=1S/C59H41NO/c1-59(2)53-25-9-7-20-48(53)51-24-12-22-46(57(51)59)40-30-33-44(34-31-40)60(45-18-11-17-42(37-45)43-29-28-38-14-3-4-16-41(38)36-43)54-26-10-8-21-49(54)50-23-13-27-55-56(50)52-35-32-39-15-5-6-19-47(39)58(52)61-55/h3-37H,1-2H3.